The van der Waals surface area contributed by atoms with Crippen molar-refractivity contribution in [3.63, 3.8) is 0 Å². The van der Waals surface area contributed by atoms with Crippen LogP contribution < -0.4 is 0 Å². The number of hydrogen-bond donors (Lipinski definition) is 1. The summed E-state index contributed by atoms with van der Waals surface area (Å²) >= 11 is 0. The smallest absolute Gasteiger partial charge is 0.337 e. The Morgan fingerprint density at radius 1 is 1.26 bits per heavy atom. The minimum atomic E-state index is -4.55. The molecular formula is C21H22F3N5O2. The molecule has 1 unspecified atom stereocenters. The maximum Gasteiger partial charge on any atom is 0.417 e. The molecule has 1 saturated carbocycles. The third kappa shape index (κ3) is 3.68. The van der Waals surface area contributed by atoms with Crippen molar-refractivity contribution in [3.05, 3.63) is 40.5 Å². The molecule has 31 heavy (non-hydrogen) atoms. The SMILES string of the molecule is CCc1cc(C(F)(F)F)c2c(C3CCCN(C(=O)c4cc(C5CC5)[nH]n4)C3)noc2n1. The molecule has 5 rings (SSSR count). The van der Waals surface area contributed by atoms with E-state index < -0.39 is 11.7 Å². The Morgan fingerprint density at radius 2 is 2.06 bits per heavy atom. The number of piperidine rings is 1. The van der Waals surface area contributed by atoms with Crippen LogP contribution in [0.25, 0.3) is 11.1 Å². The van der Waals surface area contributed by atoms with Gasteiger partial charge in [-0.25, -0.2) is 4.98 Å². The van der Waals surface area contributed by atoms with Crippen LogP contribution in [0.3, 0.4) is 0 Å². The molecule has 1 N–H and O–H groups in total. The van der Waals surface area contributed by atoms with Gasteiger partial charge in [0.1, 0.15) is 5.69 Å². The van der Waals surface area contributed by atoms with Crippen molar-refractivity contribution in [1.82, 2.24) is 25.2 Å². The van der Waals surface area contributed by atoms with E-state index in [1.807, 2.05) is 0 Å². The highest BCUT2D eigenvalue weighted by Crippen LogP contribution is 2.41. The van der Waals surface area contributed by atoms with Crippen LogP contribution in [-0.2, 0) is 12.6 Å². The van der Waals surface area contributed by atoms with E-state index in [1.54, 1.807) is 17.9 Å². The van der Waals surface area contributed by atoms with E-state index in [-0.39, 0.29) is 35.2 Å². The molecule has 0 bridgehead atoms. The van der Waals surface area contributed by atoms with Gasteiger partial charge in [0.05, 0.1) is 16.6 Å². The summed E-state index contributed by atoms with van der Waals surface area (Å²) in [4.78, 5) is 18.8. The summed E-state index contributed by atoms with van der Waals surface area (Å²) in [5.74, 6) is -0.134. The summed E-state index contributed by atoms with van der Waals surface area (Å²) in [5.41, 5.74) is 0.940. The second kappa shape index (κ2) is 7.35. The van der Waals surface area contributed by atoms with Crippen LogP contribution in [-0.4, -0.2) is 44.2 Å². The second-order valence-corrected chi connectivity index (χ2v) is 8.33. The number of rotatable bonds is 4. The summed E-state index contributed by atoms with van der Waals surface area (Å²) in [6.45, 7) is 2.53. The number of aromatic amines is 1. The molecule has 1 amide bonds. The number of carbonyl (C=O) groups excluding carboxylic acids is 1. The van der Waals surface area contributed by atoms with E-state index >= 15 is 0 Å². The summed E-state index contributed by atoms with van der Waals surface area (Å²) in [6.07, 6.45) is -0.734. The Hall–Kier alpha value is -2.91. The monoisotopic (exact) mass is 433 g/mol. The third-order valence-corrected chi connectivity index (χ3v) is 6.12. The summed E-state index contributed by atoms with van der Waals surface area (Å²) in [5, 5.41) is 11.0. The van der Waals surface area contributed by atoms with E-state index in [9.17, 15) is 18.0 Å². The van der Waals surface area contributed by atoms with Crippen LogP contribution in [0.2, 0.25) is 0 Å². The van der Waals surface area contributed by atoms with Gasteiger partial charge in [-0.3, -0.25) is 9.89 Å². The lowest BCUT2D eigenvalue weighted by Gasteiger charge is -2.31. The zero-order valence-corrected chi connectivity index (χ0v) is 17.0. The number of hydrogen-bond acceptors (Lipinski definition) is 5. The Labute approximate surface area is 176 Å². The summed E-state index contributed by atoms with van der Waals surface area (Å²) in [6, 6.07) is 2.85. The lowest BCUT2D eigenvalue weighted by Crippen LogP contribution is -2.39. The van der Waals surface area contributed by atoms with Gasteiger partial charge >= 0.3 is 6.18 Å². The van der Waals surface area contributed by atoms with Gasteiger partial charge in [-0.2, -0.15) is 18.3 Å². The number of nitrogens with one attached hydrogen (secondary N) is 1. The molecule has 164 valence electrons. The first-order chi connectivity index (χ1) is 14.8. The lowest BCUT2D eigenvalue weighted by molar-refractivity contribution is -0.136. The van der Waals surface area contributed by atoms with Gasteiger partial charge in [0, 0.05) is 36.3 Å². The summed E-state index contributed by atoms with van der Waals surface area (Å²) in [7, 11) is 0. The minimum Gasteiger partial charge on any atom is -0.337 e. The van der Waals surface area contributed by atoms with Gasteiger partial charge in [0.2, 0.25) is 0 Å². The van der Waals surface area contributed by atoms with E-state index in [1.165, 1.54) is 0 Å². The van der Waals surface area contributed by atoms with E-state index in [4.69, 9.17) is 4.52 Å². The molecule has 7 nitrogen and oxygen atoms in total. The molecule has 3 aromatic heterocycles. The molecule has 1 saturated heterocycles. The maximum absolute atomic E-state index is 13.8. The highest BCUT2D eigenvalue weighted by molar-refractivity contribution is 5.92. The number of carbonyl (C=O) groups is 1. The quantitative estimate of drug-likeness (QED) is 0.658. The van der Waals surface area contributed by atoms with Crippen LogP contribution in [0.1, 0.15) is 77.6 Å². The Morgan fingerprint density at radius 3 is 2.77 bits per heavy atom. The number of halogens is 3. The first kappa shape index (κ1) is 20.0. The molecule has 1 aliphatic heterocycles. The normalized spacial score (nSPS) is 19.9. The van der Waals surface area contributed by atoms with Gasteiger partial charge in [0.15, 0.2) is 0 Å². The molecule has 3 aromatic rings. The Bertz CT molecular complexity index is 1130. The van der Waals surface area contributed by atoms with Gasteiger partial charge < -0.3 is 9.42 Å². The van der Waals surface area contributed by atoms with Crippen molar-refractivity contribution in [3.8, 4) is 0 Å². The highest BCUT2D eigenvalue weighted by Gasteiger charge is 2.38. The fraction of sp³-hybridized carbons (Fsp3) is 0.524. The van der Waals surface area contributed by atoms with Crippen molar-refractivity contribution in [2.75, 3.05) is 13.1 Å². The van der Waals surface area contributed by atoms with Crippen LogP contribution >= 0.6 is 0 Å². The third-order valence-electron chi connectivity index (χ3n) is 6.12. The van der Waals surface area contributed by atoms with Crippen molar-refractivity contribution >= 4 is 17.0 Å². The average Bonchev–Trinajstić information content (AvgIpc) is 3.33. The topological polar surface area (TPSA) is 87.9 Å². The van der Waals surface area contributed by atoms with Gasteiger partial charge in [-0.1, -0.05) is 12.1 Å². The van der Waals surface area contributed by atoms with Crippen molar-refractivity contribution in [1.29, 1.82) is 0 Å². The van der Waals surface area contributed by atoms with E-state index in [2.05, 4.69) is 20.3 Å². The second-order valence-electron chi connectivity index (χ2n) is 8.33. The van der Waals surface area contributed by atoms with Crippen LogP contribution in [0.4, 0.5) is 13.2 Å². The Balaban J connectivity index is 1.45. The fourth-order valence-electron chi connectivity index (χ4n) is 4.30. The molecule has 0 radical (unpaired) electrons. The summed E-state index contributed by atoms with van der Waals surface area (Å²) < 4.78 is 46.6. The first-order valence-electron chi connectivity index (χ1n) is 10.6. The zero-order valence-electron chi connectivity index (χ0n) is 17.0. The number of fused-ring (bicyclic) bond motifs is 1. The van der Waals surface area contributed by atoms with Gasteiger partial charge in [0.25, 0.3) is 11.6 Å². The molecule has 0 aromatic carbocycles. The highest BCUT2D eigenvalue weighted by atomic mass is 19.4. The van der Waals surface area contributed by atoms with Crippen molar-refractivity contribution < 1.29 is 22.5 Å². The number of alkyl halides is 3. The number of aromatic nitrogens is 4. The number of H-pyrrole nitrogens is 1. The predicted molar refractivity (Wildman–Crippen MR) is 105 cm³/mol. The molecule has 0 spiro atoms. The average molecular weight is 433 g/mol. The van der Waals surface area contributed by atoms with Crippen molar-refractivity contribution in [2.45, 2.75) is 57.0 Å². The minimum absolute atomic E-state index is 0.0974. The molecule has 10 heteroatoms. The number of likely N-dealkylation sites (tertiary alicyclic amines) is 1. The molecule has 2 aliphatic rings. The van der Waals surface area contributed by atoms with E-state index in [0.29, 0.717) is 43.1 Å². The molecule has 1 aliphatic carbocycles. The number of nitrogens with zero attached hydrogens (tertiary/aromatic N) is 4. The molecule has 2 fully saturated rings. The number of pyridine rings is 1. The standard InChI is InChI=1S/C21H22F3N5O2/c1-2-13-8-14(21(22,23)24)17-18(28-31-19(17)25-13)12-4-3-7-29(10-12)20(30)16-9-15(26-27-16)11-5-6-11/h8-9,11-12H,2-7,10H2,1H3,(H,26,27). The molecular weight excluding hydrogens is 411 g/mol. The number of amides is 1. The molecule has 4 heterocycles. The molecule has 1 atom stereocenters. The van der Waals surface area contributed by atoms with Crippen LogP contribution in [0.5, 0.6) is 0 Å². The van der Waals surface area contributed by atoms with Crippen molar-refractivity contribution in [2.24, 2.45) is 0 Å². The number of aryl methyl sites for hydroxylation is 1. The fourth-order valence-corrected chi connectivity index (χ4v) is 4.30. The zero-order chi connectivity index (χ0) is 21.8. The van der Waals surface area contributed by atoms with Crippen LogP contribution in [0.15, 0.2) is 16.7 Å². The van der Waals surface area contributed by atoms with Gasteiger partial charge in [-0.15, -0.1) is 0 Å². The predicted octanol–water partition coefficient (Wildman–Crippen LogP) is 4.42. The maximum atomic E-state index is 13.8. The van der Waals surface area contributed by atoms with Gasteiger partial charge in [-0.05, 0) is 44.2 Å². The first-order valence-corrected chi connectivity index (χ1v) is 10.6. The lowest BCUT2D eigenvalue weighted by atomic mass is 9.91. The largest absolute Gasteiger partial charge is 0.417 e. The van der Waals surface area contributed by atoms with E-state index in [0.717, 1.165) is 24.6 Å². The Kier molecular flexibility index (Phi) is 4.75. The van der Waals surface area contributed by atoms with Crippen LogP contribution in [0, 0.1) is 0 Å².